The molecule has 0 unspecified atom stereocenters. The molecule has 13 heteroatoms. The van der Waals surface area contributed by atoms with Crippen molar-refractivity contribution in [2.75, 3.05) is 40.0 Å². The van der Waals surface area contributed by atoms with E-state index in [4.69, 9.17) is 23.4 Å². The third kappa shape index (κ3) is 6.92. The number of esters is 1. The SMILES string of the molecule is COC(=O)[C@@H]1CC(=COc2ncc(C)cc2[C@@]2(C)CCN(C(=O)OCCCOCc3nc4c(oc5ccccc54)c(=O)[nH]3)C[C@@H]2C)CN1. The number of fused-ring (bicyclic) bond motifs is 3. The monoisotopic (exact) mass is 659 g/mol. The second kappa shape index (κ2) is 14.2. The van der Waals surface area contributed by atoms with Crippen LogP contribution in [0.1, 0.15) is 50.1 Å². The van der Waals surface area contributed by atoms with Gasteiger partial charge in [-0.1, -0.05) is 26.0 Å². The first kappa shape index (κ1) is 33.2. The molecule has 0 radical (unpaired) electrons. The smallest absolute Gasteiger partial charge is 0.409 e. The molecule has 5 heterocycles. The Morgan fingerprint density at radius 1 is 1.23 bits per heavy atom. The number of benzene rings is 1. The van der Waals surface area contributed by atoms with Crippen molar-refractivity contribution < 1.29 is 33.0 Å². The number of hydrogen-bond acceptors (Lipinski definition) is 11. The standard InChI is InChI=1S/C35H41N5O8/c1-21-14-25(32(37-16-21)47-19-23-15-26(36-17-23)33(42)44-4)35(3)10-11-40(18-22(35)2)34(43)46-13-7-12-45-20-28-38-29-24-8-5-6-9-27(24)48-30(29)31(41)39-28/h5-6,8-9,14,16,19,22,26,36H,7,10-13,15,17-18,20H2,1-4H3,(H,38,39,41)/t22-,26-,35-/m0/s1. The lowest BCUT2D eigenvalue weighted by atomic mass is 9.68. The molecule has 1 aromatic carbocycles. The number of carbonyl (C=O) groups excluding carboxylic acids is 2. The van der Waals surface area contributed by atoms with Crippen LogP contribution < -0.4 is 15.6 Å². The van der Waals surface area contributed by atoms with Crippen LogP contribution in [-0.2, 0) is 31.0 Å². The van der Waals surface area contributed by atoms with E-state index >= 15 is 0 Å². The highest BCUT2D eigenvalue weighted by Gasteiger charge is 2.42. The van der Waals surface area contributed by atoms with Gasteiger partial charge in [-0.25, -0.2) is 14.8 Å². The number of aromatic nitrogens is 3. The van der Waals surface area contributed by atoms with Crippen molar-refractivity contribution in [3.63, 3.8) is 0 Å². The number of rotatable bonds is 10. The zero-order chi connectivity index (χ0) is 33.8. The number of methoxy groups -OCH3 is 1. The molecular weight excluding hydrogens is 618 g/mol. The number of nitrogens with one attached hydrogen (secondary N) is 2. The minimum atomic E-state index is -0.376. The average Bonchev–Trinajstić information content (AvgIpc) is 3.72. The van der Waals surface area contributed by atoms with Gasteiger partial charge < -0.3 is 38.6 Å². The van der Waals surface area contributed by atoms with E-state index in [9.17, 15) is 14.4 Å². The van der Waals surface area contributed by atoms with Crippen LogP contribution >= 0.6 is 0 Å². The fourth-order valence-electron chi connectivity index (χ4n) is 6.36. The summed E-state index contributed by atoms with van der Waals surface area (Å²) in [5.74, 6) is 0.727. The van der Waals surface area contributed by atoms with Gasteiger partial charge in [0, 0.05) is 48.6 Å². The molecule has 2 aliphatic heterocycles. The van der Waals surface area contributed by atoms with Gasteiger partial charge in [0.1, 0.15) is 29.6 Å². The van der Waals surface area contributed by atoms with Crippen molar-refractivity contribution in [1.82, 2.24) is 25.2 Å². The number of nitrogens with zero attached hydrogens (tertiary/aromatic N) is 3. The van der Waals surface area contributed by atoms with Crippen LogP contribution in [0.3, 0.4) is 0 Å². The van der Waals surface area contributed by atoms with Crippen LogP contribution in [0.2, 0.25) is 0 Å². The van der Waals surface area contributed by atoms with E-state index in [1.54, 1.807) is 23.4 Å². The number of para-hydroxylation sites is 1. The molecule has 0 spiro atoms. The Hall–Kier alpha value is -4.75. The minimum absolute atomic E-state index is 0.0944. The number of aromatic amines is 1. The lowest BCUT2D eigenvalue weighted by Crippen LogP contribution is -2.49. The Balaban J connectivity index is 0.982. The molecule has 3 atom stereocenters. The molecule has 1 amide bonds. The van der Waals surface area contributed by atoms with Crippen molar-refractivity contribution in [2.45, 2.75) is 58.1 Å². The highest BCUT2D eigenvalue weighted by atomic mass is 16.6. The van der Waals surface area contributed by atoms with Crippen LogP contribution in [0, 0.1) is 12.8 Å². The molecule has 4 aromatic rings. The molecule has 13 nitrogen and oxygen atoms in total. The van der Waals surface area contributed by atoms with Gasteiger partial charge >= 0.3 is 12.1 Å². The van der Waals surface area contributed by atoms with E-state index in [1.165, 1.54) is 7.11 Å². The number of H-pyrrole nitrogens is 1. The summed E-state index contributed by atoms with van der Waals surface area (Å²) in [4.78, 5) is 50.9. The molecule has 2 saturated heterocycles. The van der Waals surface area contributed by atoms with Gasteiger partial charge in [0.2, 0.25) is 11.5 Å². The molecule has 6 rings (SSSR count). The summed E-state index contributed by atoms with van der Waals surface area (Å²) in [6, 6.07) is 9.10. The number of pyridine rings is 1. The molecule has 2 fully saturated rings. The maximum Gasteiger partial charge on any atom is 0.409 e. The predicted molar refractivity (Wildman–Crippen MR) is 177 cm³/mol. The van der Waals surface area contributed by atoms with E-state index in [0.717, 1.165) is 22.1 Å². The van der Waals surface area contributed by atoms with Crippen LogP contribution in [-0.4, -0.2) is 77.9 Å². The Morgan fingerprint density at radius 3 is 2.88 bits per heavy atom. The van der Waals surface area contributed by atoms with Crippen molar-refractivity contribution in [3.05, 3.63) is 75.7 Å². The van der Waals surface area contributed by atoms with Gasteiger partial charge in [-0.05, 0) is 55.0 Å². The maximum atomic E-state index is 13.0. The summed E-state index contributed by atoms with van der Waals surface area (Å²) in [5, 5.41) is 3.91. The fourth-order valence-corrected chi connectivity index (χ4v) is 6.36. The second-order valence-corrected chi connectivity index (χ2v) is 12.7. The van der Waals surface area contributed by atoms with Crippen LogP contribution in [0.15, 0.2) is 57.6 Å². The third-order valence-electron chi connectivity index (χ3n) is 9.39. The Morgan fingerprint density at radius 2 is 2.06 bits per heavy atom. The first-order chi connectivity index (χ1) is 23.2. The quantitative estimate of drug-likeness (QED) is 0.140. The number of piperidine rings is 1. The van der Waals surface area contributed by atoms with Gasteiger partial charge in [0.05, 0.1) is 26.6 Å². The third-order valence-corrected chi connectivity index (χ3v) is 9.39. The van der Waals surface area contributed by atoms with E-state index in [1.807, 2.05) is 25.1 Å². The van der Waals surface area contributed by atoms with E-state index in [0.29, 0.717) is 68.3 Å². The van der Waals surface area contributed by atoms with Crippen LogP contribution in [0.4, 0.5) is 4.79 Å². The molecule has 2 N–H and O–H groups in total. The predicted octanol–water partition coefficient (Wildman–Crippen LogP) is 4.51. The molecule has 254 valence electrons. The topological polar surface area (TPSA) is 158 Å². The van der Waals surface area contributed by atoms with E-state index in [-0.39, 0.29) is 53.8 Å². The zero-order valence-corrected chi connectivity index (χ0v) is 27.7. The summed E-state index contributed by atoms with van der Waals surface area (Å²) in [6.07, 6.45) is 4.82. The highest BCUT2D eigenvalue weighted by Crippen LogP contribution is 2.43. The van der Waals surface area contributed by atoms with Gasteiger partial charge in [-0.15, -0.1) is 0 Å². The number of aryl methyl sites for hydroxylation is 1. The second-order valence-electron chi connectivity index (χ2n) is 12.7. The summed E-state index contributed by atoms with van der Waals surface area (Å²) in [5.41, 5.74) is 3.62. The van der Waals surface area contributed by atoms with Crippen molar-refractivity contribution in [2.24, 2.45) is 5.92 Å². The molecule has 48 heavy (non-hydrogen) atoms. The van der Waals surface area contributed by atoms with Gasteiger partial charge in [0.25, 0.3) is 5.56 Å². The summed E-state index contributed by atoms with van der Waals surface area (Å²) >= 11 is 0. The number of likely N-dealkylation sites (tertiary alicyclic amines) is 1. The summed E-state index contributed by atoms with van der Waals surface area (Å²) < 4.78 is 27.9. The number of furan rings is 1. The van der Waals surface area contributed by atoms with E-state index in [2.05, 4.69) is 40.2 Å². The Bertz CT molecular complexity index is 1900. The van der Waals surface area contributed by atoms with Crippen molar-refractivity contribution in [1.29, 1.82) is 0 Å². The number of carbonyl (C=O) groups is 2. The Labute approximate surface area is 277 Å². The first-order valence-corrected chi connectivity index (χ1v) is 16.2. The van der Waals surface area contributed by atoms with Gasteiger partial charge in [-0.3, -0.25) is 9.59 Å². The number of hydrogen-bond donors (Lipinski definition) is 2. The zero-order valence-electron chi connectivity index (χ0n) is 27.7. The molecule has 0 bridgehead atoms. The lowest BCUT2D eigenvalue weighted by Gasteiger charge is -2.44. The lowest BCUT2D eigenvalue weighted by molar-refractivity contribution is -0.142. The first-order valence-electron chi connectivity index (χ1n) is 16.2. The number of amides is 1. The van der Waals surface area contributed by atoms with Crippen molar-refractivity contribution >= 4 is 34.1 Å². The molecule has 2 aliphatic rings. The highest BCUT2D eigenvalue weighted by molar-refractivity contribution is 6.01. The van der Waals surface area contributed by atoms with Crippen LogP contribution in [0.5, 0.6) is 5.88 Å². The fraction of sp³-hybridized carbons (Fsp3) is 0.457. The minimum Gasteiger partial charge on any atom is -0.468 e. The van der Waals surface area contributed by atoms with Gasteiger partial charge in [0.15, 0.2) is 0 Å². The maximum absolute atomic E-state index is 13.0. The Kier molecular flexibility index (Phi) is 9.78. The van der Waals surface area contributed by atoms with Crippen molar-refractivity contribution in [3.8, 4) is 5.88 Å². The normalized spacial score (nSPS) is 22.0. The number of ether oxygens (including phenoxy) is 4. The molecule has 0 aliphatic carbocycles. The molecule has 3 aromatic heterocycles. The largest absolute Gasteiger partial charge is 0.468 e. The van der Waals surface area contributed by atoms with Crippen LogP contribution in [0.25, 0.3) is 22.1 Å². The van der Waals surface area contributed by atoms with E-state index < -0.39 is 0 Å². The summed E-state index contributed by atoms with van der Waals surface area (Å²) in [7, 11) is 1.38. The summed E-state index contributed by atoms with van der Waals surface area (Å²) in [6.45, 7) is 8.55. The average molecular weight is 660 g/mol. The van der Waals surface area contributed by atoms with Gasteiger partial charge in [-0.2, -0.15) is 0 Å². The molecular formula is C35H41N5O8. The molecule has 0 saturated carbocycles.